The number of halogens is 1. The van der Waals surface area contributed by atoms with Gasteiger partial charge in [-0.2, -0.15) is 5.26 Å². The summed E-state index contributed by atoms with van der Waals surface area (Å²) in [5, 5.41) is 8.78. The molecule has 1 amide bonds. The highest BCUT2D eigenvalue weighted by Crippen LogP contribution is 2.10. The summed E-state index contributed by atoms with van der Waals surface area (Å²) < 4.78 is 0. The summed E-state index contributed by atoms with van der Waals surface area (Å²) in [4.78, 5) is 17.4. The standard InChI is InChI=1S/C11H12ClN3O/c1-2-15(7-3-5-13)11(16)9-4-6-14-10(12)8-9/h4,6,8H,2-3,7H2,1H3. The lowest BCUT2D eigenvalue weighted by Crippen LogP contribution is -2.31. The van der Waals surface area contributed by atoms with Crippen LogP contribution in [-0.2, 0) is 0 Å². The molecule has 84 valence electrons. The van der Waals surface area contributed by atoms with Gasteiger partial charge in [-0.1, -0.05) is 11.6 Å². The molecule has 0 saturated heterocycles. The van der Waals surface area contributed by atoms with E-state index in [9.17, 15) is 4.79 Å². The van der Waals surface area contributed by atoms with Crippen LogP contribution in [0.3, 0.4) is 0 Å². The Labute approximate surface area is 99.5 Å². The van der Waals surface area contributed by atoms with E-state index in [0.717, 1.165) is 0 Å². The van der Waals surface area contributed by atoms with Crippen LogP contribution in [-0.4, -0.2) is 28.9 Å². The maximum Gasteiger partial charge on any atom is 0.254 e. The van der Waals surface area contributed by atoms with Crippen molar-refractivity contribution in [1.82, 2.24) is 9.88 Å². The molecule has 0 radical (unpaired) electrons. The van der Waals surface area contributed by atoms with Gasteiger partial charge in [0.2, 0.25) is 0 Å². The molecule has 0 bridgehead atoms. The average molecular weight is 238 g/mol. The topological polar surface area (TPSA) is 57.0 Å². The number of carbonyl (C=O) groups excluding carboxylic acids is 1. The first-order chi connectivity index (χ1) is 7.69. The number of aromatic nitrogens is 1. The Bertz CT molecular complexity index is 414. The van der Waals surface area contributed by atoms with Gasteiger partial charge < -0.3 is 4.90 Å². The molecule has 0 aromatic carbocycles. The monoisotopic (exact) mass is 237 g/mol. The van der Waals surface area contributed by atoms with Gasteiger partial charge in [-0.05, 0) is 19.1 Å². The predicted octanol–water partition coefficient (Wildman–Crippen LogP) is 2.11. The van der Waals surface area contributed by atoms with Crippen molar-refractivity contribution in [2.24, 2.45) is 0 Å². The van der Waals surface area contributed by atoms with Crippen LogP contribution in [0.2, 0.25) is 5.15 Å². The summed E-state index contributed by atoms with van der Waals surface area (Å²) in [6, 6.07) is 5.16. The van der Waals surface area contributed by atoms with Crippen LogP contribution in [0.5, 0.6) is 0 Å². The molecule has 0 unspecified atom stereocenters. The minimum atomic E-state index is -0.123. The van der Waals surface area contributed by atoms with E-state index >= 15 is 0 Å². The number of nitriles is 1. The van der Waals surface area contributed by atoms with Crippen LogP contribution in [0, 0.1) is 11.3 Å². The van der Waals surface area contributed by atoms with Crippen molar-refractivity contribution in [1.29, 1.82) is 5.26 Å². The molecule has 0 fully saturated rings. The van der Waals surface area contributed by atoms with Crippen LogP contribution in [0.1, 0.15) is 23.7 Å². The fraction of sp³-hybridized carbons (Fsp3) is 0.364. The molecule has 0 aliphatic heterocycles. The van der Waals surface area contributed by atoms with E-state index in [4.69, 9.17) is 16.9 Å². The molecule has 0 N–H and O–H groups in total. The Hall–Kier alpha value is -1.60. The Morgan fingerprint density at radius 3 is 3.00 bits per heavy atom. The van der Waals surface area contributed by atoms with Gasteiger partial charge in [-0.15, -0.1) is 0 Å². The van der Waals surface area contributed by atoms with E-state index in [0.29, 0.717) is 30.2 Å². The largest absolute Gasteiger partial charge is 0.338 e. The minimum Gasteiger partial charge on any atom is -0.338 e. The van der Waals surface area contributed by atoms with Gasteiger partial charge >= 0.3 is 0 Å². The lowest BCUT2D eigenvalue weighted by Gasteiger charge is -2.19. The molecule has 4 nitrogen and oxygen atoms in total. The molecular weight excluding hydrogens is 226 g/mol. The van der Waals surface area contributed by atoms with E-state index in [1.54, 1.807) is 11.0 Å². The van der Waals surface area contributed by atoms with Gasteiger partial charge in [-0.3, -0.25) is 4.79 Å². The van der Waals surface area contributed by atoms with Crippen molar-refractivity contribution in [2.75, 3.05) is 13.1 Å². The Kier molecular flexibility index (Phi) is 4.74. The summed E-state index contributed by atoms with van der Waals surface area (Å²) in [7, 11) is 0. The molecular formula is C11H12ClN3O. The molecule has 1 aromatic heterocycles. The van der Waals surface area contributed by atoms with Gasteiger partial charge in [0.1, 0.15) is 5.15 Å². The maximum absolute atomic E-state index is 12.0. The van der Waals surface area contributed by atoms with Gasteiger partial charge in [-0.25, -0.2) is 4.98 Å². The van der Waals surface area contributed by atoms with Crippen molar-refractivity contribution in [2.45, 2.75) is 13.3 Å². The van der Waals surface area contributed by atoms with E-state index in [-0.39, 0.29) is 5.91 Å². The van der Waals surface area contributed by atoms with E-state index < -0.39 is 0 Å². The molecule has 1 heterocycles. The van der Waals surface area contributed by atoms with Crippen LogP contribution in [0.25, 0.3) is 0 Å². The number of nitrogens with zero attached hydrogens (tertiary/aromatic N) is 3. The third kappa shape index (κ3) is 3.21. The van der Waals surface area contributed by atoms with E-state index in [1.165, 1.54) is 12.3 Å². The lowest BCUT2D eigenvalue weighted by molar-refractivity contribution is 0.0767. The lowest BCUT2D eigenvalue weighted by atomic mass is 10.2. The number of amides is 1. The molecule has 1 rings (SSSR count). The zero-order chi connectivity index (χ0) is 12.0. The summed E-state index contributed by atoms with van der Waals surface area (Å²) in [6.07, 6.45) is 1.83. The first-order valence-corrected chi connectivity index (χ1v) is 5.34. The van der Waals surface area contributed by atoms with E-state index in [1.807, 2.05) is 13.0 Å². The molecule has 0 aliphatic rings. The molecule has 0 aliphatic carbocycles. The fourth-order valence-corrected chi connectivity index (χ4v) is 1.48. The van der Waals surface area contributed by atoms with Gasteiger partial charge in [0, 0.05) is 24.8 Å². The molecule has 0 spiro atoms. The first-order valence-electron chi connectivity index (χ1n) is 4.96. The summed E-state index contributed by atoms with van der Waals surface area (Å²) in [5.74, 6) is -0.123. The summed E-state index contributed by atoms with van der Waals surface area (Å²) >= 11 is 5.71. The van der Waals surface area contributed by atoms with Gasteiger partial charge in [0.15, 0.2) is 0 Å². The highest BCUT2D eigenvalue weighted by atomic mass is 35.5. The molecule has 16 heavy (non-hydrogen) atoms. The van der Waals surface area contributed by atoms with Crippen LogP contribution >= 0.6 is 11.6 Å². The normalized spacial score (nSPS) is 9.56. The van der Waals surface area contributed by atoms with Crippen molar-refractivity contribution < 1.29 is 4.79 Å². The quantitative estimate of drug-likeness (QED) is 0.754. The Morgan fingerprint density at radius 1 is 1.69 bits per heavy atom. The third-order valence-electron chi connectivity index (χ3n) is 2.14. The van der Waals surface area contributed by atoms with Crippen molar-refractivity contribution in [3.05, 3.63) is 29.0 Å². The summed E-state index contributed by atoms with van der Waals surface area (Å²) in [6.45, 7) is 2.88. The number of hydrogen-bond donors (Lipinski definition) is 0. The second-order valence-corrected chi connectivity index (χ2v) is 3.55. The second kappa shape index (κ2) is 6.09. The molecule has 5 heteroatoms. The Morgan fingerprint density at radius 2 is 2.44 bits per heavy atom. The SMILES string of the molecule is CCN(CCC#N)C(=O)c1ccnc(Cl)c1. The maximum atomic E-state index is 12.0. The fourth-order valence-electron chi connectivity index (χ4n) is 1.31. The number of pyridine rings is 1. The van der Waals surface area contributed by atoms with Crippen molar-refractivity contribution >= 4 is 17.5 Å². The van der Waals surface area contributed by atoms with Gasteiger partial charge in [0.25, 0.3) is 5.91 Å². The highest BCUT2D eigenvalue weighted by Gasteiger charge is 2.13. The smallest absolute Gasteiger partial charge is 0.254 e. The van der Waals surface area contributed by atoms with Crippen LogP contribution in [0.15, 0.2) is 18.3 Å². The van der Waals surface area contributed by atoms with Gasteiger partial charge in [0.05, 0.1) is 12.5 Å². The van der Waals surface area contributed by atoms with Crippen LogP contribution in [0.4, 0.5) is 0 Å². The zero-order valence-electron chi connectivity index (χ0n) is 8.98. The first kappa shape index (κ1) is 12.5. The second-order valence-electron chi connectivity index (χ2n) is 3.16. The number of carbonyl (C=O) groups is 1. The molecule has 0 atom stereocenters. The average Bonchev–Trinajstić information content (AvgIpc) is 2.29. The zero-order valence-corrected chi connectivity index (χ0v) is 9.74. The van der Waals surface area contributed by atoms with Crippen molar-refractivity contribution in [3.8, 4) is 6.07 Å². The van der Waals surface area contributed by atoms with Crippen LogP contribution < -0.4 is 0 Å². The number of hydrogen-bond acceptors (Lipinski definition) is 3. The highest BCUT2D eigenvalue weighted by molar-refractivity contribution is 6.29. The Balaban J connectivity index is 2.79. The molecule has 0 saturated carbocycles. The third-order valence-corrected chi connectivity index (χ3v) is 2.34. The van der Waals surface area contributed by atoms with E-state index in [2.05, 4.69) is 4.98 Å². The predicted molar refractivity (Wildman–Crippen MR) is 61.1 cm³/mol. The minimum absolute atomic E-state index is 0.123. The molecule has 1 aromatic rings. The summed E-state index contributed by atoms with van der Waals surface area (Å²) in [5.41, 5.74) is 0.500. The van der Waals surface area contributed by atoms with Crippen molar-refractivity contribution in [3.63, 3.8) is 0 Å². The number of rotatable bonds is 4.